The number of rotatable bonds is 1. The lowest BCUT2D eigenvalue weighted by molar-refractivity contribution is 0.594. The summed E-state index contributed by atoms with van der Waals surface area (Å²) < 4.78 is 0. The van der Waals surface area contributed by atoms with Crippen LogP contribution < -0.4 is 4.90 Å². The van der Waals surface area contributed by atoms with E-state index in [1.54, 1.807) is 0 Å². The first-order valence-electron chi connectivity index (χ1n) is 5.25. The Morgan fingerprint density at radius 2 is 2.14 bits per heavy atom. The van der Waals surface area contributed by atoms with E-state index in [4.69, 9.17) is 0 Å². The summed E-state index contributed by atoms with van der Waals surface area (Å²) in [7, 11) is 0. The zero-order chi connectivity index (χ0) is 10.3. The van der Waals surface area contributed by atoms with Crippen molar-refractivity contribution in [2.24, 2.45) is 0 Å². The van der Waals surface area contributed by atoms with E-state index in [-0.39, 0.29) is 0 Å². The van der Waals surface area contributed by atoms with Gasteiger partial charge in [0.25, 0.3) is 0 Å². The molecule has 0 spiro atoms. The van der Waals surface area contributed by atoms with Crippen molar-refractivity contribution in [1.29, 1.82) is 0 Å². The van der Waals surface area contributed by atoms with Gasteiger partial charge in [0.05, 0.1) is 17.6 Å². The minimum absolute atomic E-state index is 0.498. The second-order valence-electron chi connectivity index (χ2n) is 4.04. The highest BCUT2D eigenvalue weighted by Crippen LogP contribution is 2.37. The van der Waals surface area contributed by atoms with Crippen molar-refractivity contribution in [3.8, 4) is 0 Å². The molecule has 2 rings (SSSR count). The Morgan fingerprint density at radius 3 is 2.79 bits per heavy atom. The molecule has 0 amide bonds. The molecule has 2 unspecified atom stereocenters. The van der Waals surface area contributed by atoms with Crippen molar-refractivity contribution >= 4 is 5.82 Å². The van der Waals surface area contributed by atoms with Gasteiger partial charge in [-0.1, -0.05) is 6.92 Å². The fourth-order valence-corrected chi connectivity index (χ4v) is 2.15. The molecule has 2 atom stereocenters. The summed E-state index contributed by atoms with van der Waals surface area (Å²) in [6, 6.07) is 0.525. The number of anilines is 1. The molecule has 2 heterocycles. The summed E-state index contributed by atoms with van der Waals surface area (Å²) in [4.78, 5) is 11.4. The maximum absolute atomic E-state index is 4.58. The van der Waals surface area contributed by atoms with Crippen LogP contribution in [-0.4, -0.2) is 22.6 Å². The van der Waals surface area contributed by atoms with Crippen molar-refractivity contribution < 1.29 is 0 Å². The summed E-state index contributed by atoms with van der Waals surface area (Å²) in [6.45, 7) is 9.65. The van der Waals surface area contributed by atoms with Gasteiger partial charge in [-0.15, -0.1) is 0 Å². The van der Waals surface area contributed by atoms with Crippen LogP contribution in [0.2, 0.25) is 0 Å². The maximum Gasteiger partial charge on any atom is 0.150 e. The number of hydrogen-bond donors (Lipinski definition) is 0. The van der Waals surface area contributed by atoms with Crippen LogP contribution in [-0.2, 0) is 0 Å². The minimum atomic E-state index is 0.498. The lowest BCUT2D eigenvalue weighted by Gasteiger charge is -2.22. The van der Waals surface area contributed by atoms with E-state index in [2.05, 4.69) is 35.6 Å². The molecule has 0 aromatic carbocycles. The average molecular weight is 191 g/mol. The fraction of sp³-hybridized carbons (Fsp3) is 0.636. The Bertz CT molecular complexity index is 348. The Labute approximate surface area is 85.2 Å². The third-order valence-corrected chi connectivity index (χ3v) is 3.16. The minimum Gasteiger partial charge on any atom is -0.352 e. The molecule has 3 nitrogen and oxygen atoms in total. The molecule has 1 aliphatic heterocycles. The fourth-order valence-electron chi connectivity index (χ4n) is 2.15. The molecular formula is C11H17N3. The predicted molar refractivity (Wildman–Crippen MR) is 57.7 cm³/mol. The van der Waals surface area contributed by atoms with Gasteiger partial charge in [0, 0.05) is 18.5 Å². The molecule has 3 heteroatoms. The van der Waals surface area contributed by atoms with Crippen molar-refractivity contribution in [3.63, 3.8) is 0 Å². The SMILES string of the molecule is CCN1c2ncc(C)nc2C(C)C1C. The molecule has 14 heavy (non-hydrogen) atoms. The monoisotopic (exact) mass is 191 g/mol. The summed E-state index contributed by atoms with van der Waals surface area (Å²) in [5.74, 6) is 1.58. The molecule has 0 saturated carbocycles. The van der Waals surface area contributed by atoms with Gasteiger partial charge in [-0.05, 0) is 20.8 Å². The Hall–Kier alpha value is -1.12. The summed E-state index contributed by atoms with van der Waals surface area (Å²) >= 11 is 0. The summed E-state index contributed by atoms with van der Waals surface area (Å²) in [6.07, 6.45) is 1.85. The van der Waals surface area contributed by atoms with Crippen LogP contribution in [0.3, 0.4) is 0 Å². The molecule has 1 aromatic heterocycles. The highest BCUT2D eigenvalue weighted by atomic mass is 15.2. The summed E-state index contributed by atoms with van der Waals surface area (Å²) in [5.41, 5.74) is 2.18. The number of aromatic nitrogens is 2. The molecule has 1 aromatic rings. The van der Waals surface area contributed by atoms with Gasteiger partial charge < -0.3 is 4.90 Å². The van der Waals surface area contributed by atoms with E-state index >= 15 is 0 Å². The van der Waals surface area contributed by atoms with Gasteiger partial charge in [-0.3, -0.25) is 4.98 Å². The first-order chi connectivity index (χ1) is 6.65. The normalized spacial score (nSPS) is 25.3. The van der Waals surface area contributed by atoms with Crippen LogP contribution in [0.25, 0.3) is 0 Å². The molecule has 0 radical (unpaired) electrons. The van der Waals surface area contributed by atoms with Crippen molar-refractivity contribution in [1.82, 2.24) is 9.97 Å². The maximum atomic E-state index is 4.58. The van der Waals surface area contributed by atoms with Crippen LogP contribution in [0.1, 0.15) is 38.1 Å². The van der Waals surface area contributed by atoms with E-state index < -0.39 is 0 Å². The molecule has 0 bridgehead atoms. The number of nitrogens with zero attached hydrogens (tertiary/aromatic N) is 3. The van der Waals surface area contributed by atoms with Crippen molar-refractivity contribution in [2.75, 3.05) is 11.4 Å². The standard InChI is InChI=1S/C11H17N3/c1-5-14-9(4)8(3)10-11(14)12-6-7(2)13-10/h6,8-9H,5H2,1-4H3. The lowest BCUT2D eigenvalue weighted by atomic mass is 10.0. The van der Waals surface area contributed by atoms with Crippen LogP contribution >= 0.6 is 0 Å². The van der Waals surface area contributed by atoms with Crippen molar-refractivity contribution in [2.45, 2.75) is 39.7 Å². The number of likely N-dealkylation sites (N-methyl/N-ethyl adjacent to an activating group) is 1. The van der Waals surface area contributed by atoms with Crippen LogP contribution in [0.4, 0.5) is 5.82 Å². The molecule has 0 fully saturated rings. The third-order valence-electron chi connectivity index (χ3n) is 3.16. The first-order valence-corrected chi connectivity index (χ1v) is 5.25. The second-order valence-corrected chi connectivity index (χ2v) is 4.04. The first kappa shape index (κ1) is 9.44. The van der Waals surface area contributed by atoms with Gasteiger partial charge in [0.15, 0.2) is 5.82 Å². The molecule has 0 aliphatic carbocycles. The van der Waals surface area contributed by atoms with E-state index in [0.717, 1.165) is 18.1 Å². The number of aryl methyl sites for hydroxylation is 1. The Morgan fingerprint density at radius 1 is 1.43 bits per heavy atom. The highest BCUT2D eigenvalue weighted by molar-refractivity contribution is 5.52. The van der Waals surface area contributed by atoms with Gasteiger partial charge in [-0.25, -0.2) is 4.98 Å². The van der Waals surface area contributed by atoms with E-state index in [1.807, 2.05) is 13.1 Å². The molecular weight excluding hydrogens is 174 g/mol. The molecule has 0 N–H and O–H groups in total. The summed E-state index contributed by atoms with van der Waals surface area (Å²) in [5, 5.41) is 0. The molecule has 76 valence electrons. The van der Waals surface area contributed by atoms with E-state index in [0.29, 0.717) is 12.0 Å². The topological polar surface area (TPSA) is 29.0 Å². The van der Waals surface area contributed by atoms with E-state index in [9.17, 15) is 0 Å². The smallest absolute Gasteiger partial charge is 0.150 e. The van der Waals surface area contributed by atoms with Crippen molar-refractivity contribution in [3.05, 3.63) is 17.6 Å². The molecule has 1 aliphatic rings. The Kier molecular flexibility index (Phi) is 2.17. The van der Waals surface area contributed by atoms with Gasteiger partial charge in [0.1, 0.15) is 0 Å². The van der Waals surface area contributed by atoms with Crippen LogP contribution in [0.15, 0.2) is 6.20 Å². The van der Waals surface area contributed by atoms with Crippen LogP contribution in [0.5, 0.6) is 0 Å². The average Bonchev–Trinajstić information content (AvgIpc) is 2.41. The zero-order valence-electron chi connectivity index (χ0n) is 9.28. The second kappa shape index (κ2) is 3.23. The predicted octanol–water partition coefficient (Wildman–Crippen LogP) is 2.12. The van der Waals surface area contributed by atoms with Gasteiger partial charge in [-0.2, -0.15) is 0 Å². The van der Waals surface area contributed by atoms with E-state index in [1.165, 1.54) is 5.69 Å². The zero-order valence-corrected chi connectivity index (χ0v) is 9.28. The number of fused-ring (bicyclic) bond motifs is 1. The third kappa shape index (κ3) is 1.19. The van der Waals surface area contributed by atoms with Gasteiger partial charge >= 0.3 is 0 Å². The number of hydrogen-bond acceptors (Lipinski definition) is 3. The molecule has 0 saturated heterocycles. The highest BCUT2D eigenvalue weighted by Gasteiger charge is 2.34. The van der Waals surface area contributed by atoms with Crippen LogP contribution in [0, 0.1) is 6.92 Å². The largest absolute Gasteiger partial charge is 0.352 e. The van der Waals surface area contributed by atoms with Gasteiger partial charge in [0.2, 0.25) is 0 Å². The lowest BCUT2D eigenvalue weighted by Crippen LogP contribution is -2.30. The Balaban J connectivity index is 2.50. The quantitative estimate of drug-likeness (QED) is 0.681.